The van der Waals surface area contributed by atoms with Gasteiger partial charge in [0.2, 0.25) is 17.6 Å². The first kappa shape index (κ1) is 20.3. The van der Waals surface area contributed by atoms with E-state index in [2.05, 4.69) is 15.0 Å². The van der Waals surface area contributed by atoms with Crippen molar-refractivity contribution in [3.8, 4) is 11.4 Å². The van der Waals surface area contributed by atoms with E-state index in [0.717, 1.165) is 18.6 Å². The molecule has 1 saturated heterocycles. The van der Waals surface area contributed by atoms with Gasteiger partial charge in [-0.15, -0.1) is 0 Å². The first-order chi connectivity index (χ1) is 13.3. The van der Waals surface area contributed by atoms with Gasteiger partial charge in [-0.1, -0.05) is 31.1 Å². The van der Waals surface area contributed by atoms with Crippen LogP contribution in [-0.2, 0) is 17.5 Å². The zero-order valence-electron chi connectivity index (χ0n) is 15.9. The van der Waals surface area contributed by atoms with Crippen LogP contribution in [0.4, 0.5) is 13.2 Å². The summed E-state index contributed by atoms with van der Waals surface area (Å²) in [5.74, 6) is 0.671. The maximum Gasteiger partial charge on any atom is 0.416 e. The van der Waals surface area contributed by atoms with Gasteiger partial charge >= 0.3 is 6.18 Å². The van der Waals surface area contributed by atoms with Crippen LogP contribution in [0.5, 0.6) is 0 Å². The maximum absolute atomic E-state index is 12.9. The van der Waals surface area contributed by atoms with Crippen LogP contribution in [-0.4, -0.2) is 52.0 Å². The molecule has 3 rings (SSSR count). The van der Waals surface area contributed by atoms with E-state index in [-0.39, 0.29) is 23.2 Å². The normalized spacial score (nSPS) is 17.0. The first-order valence-corrected chi connectivity index (χ1v) is 9.29. The number of piperazine rings is 1. The number of hydrogen-bond acceptors (Lipinski definition) is 5. The van der Waals surface area contributed by atoms with Crippen LogP contribution in [0.25, 0.3) is 11.4 Å². The quantitative estimate of drug-likeness (QED) is 0.775. The van der Waals surface area contributed by atoms with Crippen molar-refractivity contribution in [2.24, 2.45) is 5.92 Å². The van der Waals surface area contributed by atoms with Crippen LogP contribution < -0.4 is 0 Å². The third-order valence-corrected chi connectivity index (χ3v) is 4.99. The molecule has 152 valence electrons. The van der Waals surface area contributed by atoms with Crippen molar-refractivity contribution in [2.75, 3.05) is 26.2 Å². The average Bonchev–Trinajstić information content (AvgIpc) is 3.15. The summed E-state index contributed by atoms with van der Waals surface area (Å²) in [7, 11) is 0. The van der Waals surface area contributed by atoms with Gasteiger partial charge in [0.05, 0.1) is 12.1 Å². The Morgan fingerprint density at radius 2 is 1.96 bits per heavy atom. The molecule has 0 spiro atoms. The van der Waals surface area contributed by atoms with Crippen LogP contribution in [0.3, 0.4) is 0 Å². The monoisotopic (exact) mass is 396 g/mol. The highest BCUT2D eigenvalue weighted by Crippen LogP contribution is 2.31. The Kier molecular flexibility index (Phi) is 6.02. The number of aromatic nitrogens is 2. The molecule has 2 aromatic rings. The van der Waals surface area contributed by atoms with E-state index < -0.39 is 11.7 Å². The lowest BCUT2D eigenvalue weighted by Gasteiger charge is -2.35. The number of amides is 1. The van der Waals surface area contributed by atoms with Gasteiger partial charge in [0, 0.05) is 37.7 Å². The number of rotatable bonds is 5. The van der Waals surface area contributed by atoms with Crippen LogP contribution in [0.1, 0.15) is 31.7 Å². The molecule has 1 atom stereocenters. The van der Waals surface area contributed by atoms with Crippen molar-refractivity contribution in [3.05, 3.63) is 35.7 Å². The molecule has 1 aromatic carbocycles. The van der Waals surface area contributed by atoms with Crippen molar-refractivity contribution in [1.82, 2.24) is 19.9 Å². The lowest BCUT2D eigenvalue weighted by molar-refractivity contribution is -0.138. The molecule has 1 aliphatic heterocycles. The summed E-state index contributed by atoms with van der Waals surface area (Å²) in [6, 6.07) is 4.85. The highest BCUT2D eigenvalue weighted by atomic mass is 19.4. The molecule has 0 radical (unpaired) electrons. The fraction of sp³-hybridized carbons (Fsp3) is 0.526. The molecule has 0 N–H and O–H groups in total. The molecule has 28 heavy (non-hydrogen) atoms. The Morgan fingerprint density at radius 3 is 2.61 bits per heavy atom. The maximum atomic E-state index is 12.9. The lowest BCUT2D eigenvalue weighted by atomic mass is 10.1. The van der Waals surface area contributed by atoms with Crippen molar-refractivity contribution in [2.45, 2.75) is 33.0 Å². The summed E-state index contributed by atoms with van der Waals surface area (Å²) in [5.41, 5.74) is -0.493. The minimum Gasteiger partial charge on any atom is -0.340 e. The van der Waals surface area contributed by atoms with Crippen molar-refractivity contribution in [3.63, 3.8) is 0 Å². The third-order valence-electron chi connectivity index (χ3n) is 4.99. The van der Waals surface area contributed by atoms with Crippen molar-refractivity contribution in [1.29, 1.82) is 0 Å². The number of nitrogens with zero attached hydrogens (tertiary/aromatic N) is 4. The average molecular weight is 396 g/mol. The van der Waals surface area contributed by atoms with E-state index in [4.69, 9.17) is 4.52 Å². The van der Waals surface area contributed by atoms with Crippen LogP contribution in [0.15, 0.2) is 28.8 Å². The number of carbonyl (C=O) groups is 1. The largest absolute Gasteiger partial charge is 0.416 e. The molecule has 6 nitrogen and oxygen atoms in total. The third kappa shape index (κ3) is 4.70. The highest BCUT2D eigenvalue weighted by Gasteiger charge is 2.31. The fourth-order valence-electron chi connectivity index (χ4n) is 3.07. The number of hydrogen-bond donors (Lipinski definition) is 0. The smallest absolute Gasteiger partial charge is 0.340 e. The molecule has 0 saturated carbocycles. The van der Waals surface area contributed by atoms with Gasteiger partial charge in [-0.25, -0.2) is 0 Å². The molecule has 1 unspecified atom stereocenters. The minimum absolute atomic E-state index is 0.0255. The predicted octanol–water partition coefficient (Wildman–Crippen LogP) is 3.45. The Labute approximate surface area is 161 Å². The summed E-state index contributed by atoms with van der Waals surface area (Å²) in [6.07, 6.45) is -3.60. The Balaban J connectivity index is 1.60. The van der Waals surface area contributed by atoms with E-state index in [0.29, 0.717) is 38.6 Å². The van der Waals surface area contributed by atoms with Gasteiger partial charge in [-0.05, 0) is 18.6 Å². The summed E-state index contributed by atoms with van der Waals surface area (Å²) in [5, 5.41) is 3.81. The Morgan fingerprint density at radius 1 is 1.25 bits per heavy atom. The second kappa shape index (κ2) is 8.30. The van der Waals surface area contributed by atoms with Gasteiger partial charge in [0.15, 0.2) is 0 Å². The Bertz CT molecular complexity index is 814. The molecule has 2 heterocycles. The van der Waals surface area contributed by atoms with Crippen molar-refractivity contribution >= 4 is 5.91 Å². The number of benzene rings is 1. The van der Waals surface area contributed by atoms with E-state index in [1.807, 2.05) is 18.7 Å². The molecule has 0 aliphatic carbocycles. The molecule has 1 amide bonds. The predicted molar refractivity (Wildman–Crippen MR) is 96.0 cm³/mol. The number of halogens is 3. The minimum atomic E-state index is -4.42. The highest BCUT2D eigenvalue weighted by molar-refractivity contribution is 5.78. The van der Waals surface area contributed by atoms with Crippen LogP contribution >= 0.6 is 0 Å². The molecule has 0 bridgehead atoms. The summed E-state index contributed by atoms with van der Waals surface area (Å²) in [4.78, 5) is 20.4. The van der Waals surface area contributed by atoms with E-state index in [1.54, 1.807) is 0 Å². The van der Waals surface area contributed by atoms with Crippen LogP contribution in [0.2, 0.25) is 0 Å². The van der Waals surface area contributed by atoms with Gasteiger partial charge in [0.25, 0.3) is 0 Å². The van der Waals surface area contributed by atoms with Crippen LogP contribution in [0, 0.1) is 5.92 Å². The molecule has 1 aliphatic rings. The van der Waals surface area contributed by atoms with E-state index in [9.17, 15) is 18.0 Å². The lowest BCUT2D eigenvalue weighted by Crippen LogP contribution is -2.49. The molecular formula is C19H23F3N4O2. The topological polar surface area (TPSA) is 62.5 Å². The fourth-order valence-corrected chi connectivity index (χ4v) is 3.07. The SMILES string of the molecule is CCC(C)C(=O)N1CCN(Cc2nc(-c3cccc(C(F)(F)F)c3)no2)CC1. The van der Waals surface area contributed by atoms with E-state index >= 15 is 0 Å². The van der Waals surface area contributed by atoms with Gasteiger partial charge in [-0.3, -0.25) is 9.69 Å². The summed E-state index contributed by atoms with van der Waals surface area (Å²) < 4.78 is 43.8. The number of alkyl halides is 3. The van der Waals surface area contributed by atoms with Gasteiger partial charge < -0.3 is 9.42 Å². The van der Waals surface area contributed by atoms with Crippen molar-refractivity contribution < 1.29 is 22.5 Å². The molecule has 1 fully saturated rings. The standard InChI is InChI=1S/C19H23F3N4O2/c1-3-13(2)18(27)26-9-7-25(8-10-26)12-16-23-17(24-28-16)14-5-4-6-15(11-14)19(20,21)22/h4-6,11,13H,3,7-10,12H2,1-2H3. The molecule has 9 heteroatoms. The van der Waals surface area contributed by atoms with Gasteiger partial charge in [-0.2, -0.15) is 18.2 Å². The molecule has 1 aromatic heterocycles. The molecular weight excluding hydrogens is 373 g/mol. The second-order valence-electron chi connectivity index (χ2n) is 7.00. The van der Waals surface area contributed by atoms with E-state index in [1.165, 1.54) is 12.1 Å². The summed E-state index contributed by atoms with van der Waals surface area (Å²) in [6.45, 7) is 6.97. The Hall–Kier alpha value is -2.42. The zero-order chi connectivity index (χ0) is 20.3. The second-order valence-corrected chi connectivity index (χ2v) is 7.00. The zero-order valence-corrected chi connectivity index (χ0v) is 15.9. The van der Waals surface area contributed by atoms with Gasteiger partial charge in [0.1, 0.15) is 0 Å². The number of carbonyl (C=O) groups excluding carboxylic acids is 1. The first-order valence-electron chi connectivity index (χ1n) is 9.29. The summed E-state index contributed by atoms with van der Waals surface area (Å²) >= 11 is 0.